The van der Waals surface area contributed by atoms with Crippen LogP contribution in [0.4, 0.5) is 0 Å². The van der Waals surface area contributed by atoms with Crippen molar-refractivity contribution in [2.45, 2.75) is 13.8 Å². The molecule has 0 bridgehead atoms. The molecule has 1 heterocycles. The van der Waals surface area contributed by atoms with Gasteiger partial charge in [0.05, 0.1) is 12.7 Å². The molecule has 0 unspecified atom stereocenters. The summed E-state index contributed by atoms with van der Waals surface area (Å²) >= 11 is 0. The van der Waals surface area contributed by atoms with E-state index in [1.54, 1.807) is 13.2 Å². The molecule has 0 saturated carbocycles. The summed E-state index contributed by atoms with van der Waals surface area (Å²) in [5, 5.41) is 12.4. The van der Waals surface area contributed by atoms with E-state index in [1.165, 1.54) is 0 Å². The Labute approximate surface area is 99.4 Å². The van der Waals surface area contributed by atoms with Crippen LogP contribution in [0.5, 0.6) is 5.75 Å². The predicted molar refractivity (Wildman–Crippen MR) is 62.7 cm³/mol. The minimum atomic E-state index is 0.264. The second-order valence-electron chi connectivity index (χ2n) is 3.82. The van der Waals surface area contributed by atoms with Crippen LogP contribution in [0, 0.1) is 25.2 Å². The summed E-state index contributed by atoms with van der Waals surface area (Å²) < 4.78 is 10.4. The highest BCUT2D eigenvalue weighted by molar-refractivity contribution is 5.68. The maximum Gasteiger partial charge on any atom is 0.184 e. The standard InChI is InChI=1S/C13H12N2O2/c1-8-4-11(12(16-3)5-9(8)2)13-6-10(7-14)15-17-13/h4-6H,1-3H3. The molecule has 1 aromatic carbocycles. The fourth-order valence-corrected chi connectivity index (χ4v) is 1.61. The molecule has 0 aliphatic heterocycles. The van der Waals surface area contributed by atoms with E-state index in [-0.39, 0.29) is 5.69 Å². The molecule has 17 heavy (non-hydrogen) atoms. The molecule has 0 spiro atoms. The van der Waals surface area contributed by atoms with Gasteiger partial charge in [-0.25, -0.2) is 0 Å². The van der Waals surface area contributed by atoms with E-state index in [9.17, 15) is 0 Å². The number of benzene rings is 1. The highest BCUT2D eigenvalue weighted by Gasteiger charge is 2.13. The molecule has 0 atom stereocenters. The van der Waals surface area contributed by atoms with Crippen molar-refractivity contribution in [1.29, 1.82) is 5.26 Å². The number of nitrogens with zero attached hydrogens (tertiary/aromatic N) is 2. The van der Waals surface area contributed by atoms with Gasteiger partial charge in [-0.2, -0.15) is 5.26 Å². The summed E-state index contributed by atoms with van der Waals surface area (Å²) in [5.74, 6) is 1.26. The molecule has 2 aromatic rings. The Morgan fingerprint density at radius 1 is 1.24 bits per heavy atom. The zero-order valence-corrected chi connectivity index (χ0v) is 9.94. The summed E-state index contributed by atoms with van der Waals surface area (Å²) in [6.07, 6.45) is 0. The fourth-order valence-electron chi connectivity index (χ4n) is 1.61. The van der Waals surface area contributed by atoms with Crippen LogP contribution in [0.1, 0.15) is 16.8 Å². The normalized spacial score (nSPS) is 10.0. The smallest absolute Gasteiger partial charge is 0.184 e. The first kappa shape index (κ1) is 11.2. The summed E-state index contributed by atoms with van der Waals surface area (Å²) in [6, 6.07) is 7.45. The Bertz CT molecular complexity index is 594. The Kier molecular flexibility index (Phi) is 2.84. The van der Waals surface area contributed by atoms with Crippen LogP contribution in [0.15, 0.2) is 22.7 Å². The number of nitriles is 1. The molecule has 0 radical (unpaired) electrons. The summed E-state index contributed by atoms with van der Waals surface area (Å²) in [5.41, 5.74) is 3.35. The van der Waals surface area contributed by atoms with Crippen molar-refractivity contribution < 1.29 is 9.26 Å². The molecule has 4 heteroatoms. The van der Waals surface area contributed by atoms with E-state index in [1.807, 2.05) is 32.0 Å². The van der Waals surface area contributed by atoms with Gasteiger partial charge >= 0.3 is 0 Å². The molecule has 0 fully saturated rings. The van der Waals surface area contributed by atoms with Crippen molar-refractivity contribution >= 4 is 0 Å². The van der Waals surface area contributed by atoms with Crippen LogP contribution < -0.4 is 4.74 Å². The Morgan fingerprint density at radius 3 is 2.53 bits per heavy atom. The number of hydrogen-bond donors (Lipinski definition) is 0. The van der Waals surface area contributed by atoms with Crippen LogP contribution in [0.2, 0.25) is 0 Å². The summed E-state index contributed by atoms with van der Waals surface area (Å²) in [6.45, 7) is 4.03. The average molecular weight is 228 g/mol. The maximum absolute atomic E-state index is 8.72. The molecule has 0 aliphatic rings. The van der Waals surface area contributed by atoms with Gasteiger partial charge in [0, 0.05) is 6.07 Å². The molecule has 0 N–H and O–H groups in total. The van der Waals surface area contributed by atoms with Gasteiger partial charge in [-0.3, -0.25) is 0 Å². The lowest BCUT2D eigenvalue weighted by Crippen LogP contribution is -1.90. The van der Waals surface area contributed by atoms with Crippen molar-refractivity contribution in [2.75, 3.05) is 7.11 Å². The quantitative estimate of drug-likeness (QED) is 0.793. The van der Waals surface area contributed by atoms with Crippen molar-refractivity contribution in [1.82, 2.24) is 5.16 Å². The largest absolute Gasteiger partial charge is 0.496 e. The van der Waals surface area contributed by atoms with E-state index in [4.69, 9.17) is 14.5 Å². The van der Waals surface area contributed by atoms with E-state index in [2.05, 4.69) is 5.16 Å². The first-order chi connectivity index (χ1) is 8.15. The SMILES string of the molecule is COc1cc(C)c(C)cc1-c1cc(C#N)no1. The minimum Gasteiger partial charge on any atom is -0.496 e. The van der Waals surface area contributed by atoms with E-state index in [0.29, 0.717) is 11.5 Å². The van der Waals surface area contributed by atoms with E-state index >= 15 is 0 Å². The Balaban J connectivity index is 2.58. The van der Waals surface area contributed by atoms with Crippen LogP contribution in [0.3, 0.4) is 0 Å². The van der Waals surface area contributed by atoms with Crippen LogP contribution in [0.25, 0.3) is 11.3 Å². The van der Waals surface area contributed by atoms with E-state index < -0.39 is 0 Å². The van der Waals surface area contributed by atoms with Gasteiger partial charge in [0.15, 0.2) is 11.5 Å². The molecule has 0 saturated heterocycles. The molecule has 0 amide bonds. The molecular weight excluding hydrogens is 216 g/mol. The third-order valence-electron chi connectivity index (χ3n) is 2.71. The monoisotopic (exact) mass is 228 g/mol. The van der Waals surface area contributed by atoms with Crippen molar-refractivity contribution in [3.8, 4) is 23.1 Å². The molecule has 86 valence electrons. The first-order valence-corrected chi connectivity index (χ1v) is 5.18. The summed E-state index contributed by atoms with van der Waals surface area (Å²) in [7, 11) is 1.61. The number of aromatic nitrogens is 1. The lowest BCUT2D eigenvalue weighted by Gasteiger charge is -2.09. The minimum absolute atomic E-state index is 0.264. The third-order valence-corrected chi connectivity index (χ3v) is 2.71. The molecule has 1 aromatic heterocycles. The summed E-state index contributed by atoms with van der Waals surface area (Å²) in [4.78, 5) is 0. The number of methoxy groups -OCH3 is 1. The van der Waals surface area contributed by atoms with Crippen molar-refractivity contribution in [2.24, 2.45) is 0 Å². The number of rotatable bonds is 2. The number of ether oxygens (including phenoxy) is 1. The van der Waals surface area contributed by atoms with Crippen LogP contribution in [-0.2, 0) is 0 Å². The van der Waals surface area contributed by atoms with Gasteiger partial charge in [0.2, 0.25) is 0 Å². The number of hydrogen-bond acceptors (Lipinski definition) is 4. The molecule has 2 rings (SSSR count). The maximum atomic E-state index is 8.72. The van der Waals surface area contributed by atoms with Gasteiger partial charge in [-0.1, -0.05) is 5.16 Å². The van der Waals surface area contributed by atoms with Gasteiger partial charge in [0.1, 0.15) is 11.8 Å². The third kappa shape index (κ3) is 2.00. The highest BCUT2D eigenvalue weighted by Crippen LogP contribution is 2.32. The van der Waals surface area contributed by atoms with Gasteiger partial charge in [-0.05, 0) is 37.1 Å². The molecule has 4 nitrogen and oxygen atoms in total. The second-order valence-corrected chi connectivity index (χ2v) is 3.82. The lowest BCUT2D eigenvalue weighted by atomic mass is 10.0. The van der Waals surface area contributed by atoms with Crippen LogP contribution in [-0.4, -0.2) is 12.3 Å². The second kappa shape index (κ2) is 4.30. The zero-order valence-electron chi connectivity index (χ0n) is 9.94. The van der Waals surface area contributed by atoms with Gasteiger partial charge in [0.25, 0.3) is 0 Å². The fraction of sp³-hybridized carbons (Fsp3) is 0.231. The van der Waals surface area contributed by atoms with Crippen molar-refractivity contribution in [3.63, 3.8) is 0 Å². The average Bonchev–Trinajstić information content (AvgIpc) is 2.80. The van der Waals surface area contributed by atoms with Crippen LogP contribution >= 0.6 is 0 Å². The van der Waals surface area contributed by atoms with E-state index in [0.717, 1.165) is 16.7 Å². The van der Waals surface area contributed by atoms with Gasteiger partial charge < -0.3 is 9.26 Å². The predicted octanol–water partition coefficient (Wildman–Crippen LogP) is 2.84. The topological polar surface area (TPSA) is 59.0 Å². The highest BCUT2D eigenvalue weighted by atomic mass is 16.5. The lowest BCUT2D eigenvalue weighted by molar-refractivity contribution is 0.405. The van der Waals surface area contributed by atoms with Crippen molar-refractivity contribution in [3.05, 3.63) is 35.0 Å². The molecule has 0 aliphatic carbocycles. The number of aryl methyl sites for hydroxylation is 2. The molecular formula is C13H12N2O2. The zero-order chi connectivity index (χ0) is 12.4. The van der Waals surface area contributed by atoms with Gasteiger partial charge in [-0.15, -0.1) is 0 Å². The Morgan fingerprint density at radius 2 is 1.94 bits per heavy atom. The first-order valence-electron chi connectivity index (χ1n) is 5.18. The Hall–Kier alpha value is -2.28.